The summed E-state index contributed by atoms with van der Waals surface area (Å²) >= 11 is 0. The van der Waals surface area contributed by atoms with Gasteiger partial charge in [-0.1, -0.05) is 6.08 Å². The van der Waals surface area contributed by atoms with Gasteiger partial charge in [0.15, 0.2) is 5.78 Å². The zero-order valence-electron chi connectivity index (χ0n) is 15.2. The normalized spacial score (nSPS) is 69.6. The van der Waals surface area contributed by atoms with Gasteiger partial charge in [0, 0.05) is 11.3 Å². The minimum absolute atomic E-state index is 0.0396. The number of ketones is 1. The molecule has 0 aliphatic heterocycles. The Labute approximate surface area is 158 Å². The van der Waals surface area contributed by atoms with Gasteiger partial charge in [0.25, 0.3) is 10.1 Å². The van der Waals surface area contributed by atoms with Crippen molar-refractivity contribution >= 4 is 15.9 Å². The number of fused-ring (bicyclic) bond motifs is 1. The molecular formula is C21H24O5S. The zero-order valence-corrected chi connectivity index (χ0v) is 16.0. The molecule has 0 amide bonds. The Morgan fingerprint density at radius 3 is 2.63 bits per heavy atom. The molecular weight excluding hydrogens is 364 g/mol. The predicted octanol–water partition coefficient (Wildman–Crippen LogP) is 1.09. The van der Waals surface area contributed by atoms with Crippen molar-refractivity contribution in [3.05, 3.63) is 12.2 Å². The van der Waals surface area contributed by atoms with Crippen molar-refractivity contribution < 1.29 is 22.5 Å². The molecule has 0 aromatic carbocycles. The highest BCUT2D eigenvalue weighted by Gasteiger charge is 2.96. The summed E-state index contributed by atoms with van der Waals surface area (Å²) in [6, 6.07) is 0. The maximum absolute atomic E-state index is 12.9. The number of hydrogen-bond donors (Lipinski definition) is 1. The molecule has 0 spiro atoms. The second-order valence-corrected chi connectivity index (χ2v) is 12.7. The van der Waals surface area contributed by atoms with Gasteiger partial charge in [-0.25, -0.2) is 0 Å². The monoisotopic (exact) mass is 388 g/mol. The highest BCUT2D eigenvalue weighted by Crippen LogP contribution is 2.95. The van der Waals surface area contributed by atoms with E-state index in [1.807, 2.05) is 0 Å². The summed E-state index contributed by atoms with van der Waals surface area (Å²) in [5.41, 5.74) is -1.34. The lowest BCUT2D eigenvalue weighted by atomic mass is 9.47. The zero-order chi connectivity index (χ0) is 18.2. The van der Waals surface area contributed by atoms with Crippen LogP contribution in [0.3, 0.4) is 0 Å². The molecule has 0 unspecified atom stereocenters. The van der Waals surface area contributed by atoms with Gasteiger partial charge in [-0.2, -0.15) is 8.42 Å². The first kappa shape index (κ1) is 15.2. The van der Waals surface area contributed by atoms with Crippen LogP contribution in [0.15, 0.2) is 12.2 Å². The third-order valence-electron chi connectivity index (χ3n) is 11.2. The van der Waals surface area contributed by atoms with Crippen LogP contribution in [-0.2, 0) is 19.1 Å². The van der Waals surface area contributed by atoms with Crippen LogP contribution in [0.1, 0.15) is 12.8 Å². The van der Waals surface area contributed by atoms with Crippen molar-refractivity contribution in [2.75, 3.05) is 12.9 Å². The van der Waals surface area contributed by atoms with E-state index in [1.54, 1.807) is 6.08 Å². The first-order valence-electron chi connectivity index (χ1n) is 10.6. The van der Waals surface area contributed by atoms with E-state index in [4.69, 9.17) is 4.18 Å². The smallest absolute Gasteiger partial charge is 0.264 e. The van der Waals surface area contributed by atoms with Crippen LogP contribution in [0, 0.1) is 76.4 Å². The lowest BCUT2D eigenvalue weighted by molar-refractivity contribution is -0.236. The minimum atomic E-state index is -3.59. The third-order valence-corrected chi connectivity index (χ3v) is 11.8. The van der Waals surface area contributed by atoms with Crippen LogP contribution < -0.4 is 0 Å². The van der Waals surface area contributed by atoms with Gasteiger partial charge in [-0.3, -0.25) is 8.98 Å². The summed E-state index contributed by atoms with van der Waals surface area (Å²) in [5, 5.41) is 12.5. The number of hydrogen-bond acceptors (Lipinski definition) is 5. The highest BCUT2D eigenvalue weighted by molar-refractivity contribution is 7.85. The first-order chi connectivity index (χ1) is 12.8. The standard InChI is InChI=1S/C21H24O5S/c1-27(24,25)26-6-20-17-8-2-4-9-11(8)14-16(17)15-13(19(14)21(9,20)23)7-3-5-10(22)12(7)18(15)20/h3,5,7-9,11-19,23H,2,4,6H2,1H3/t7-,8+,9+,11+,12+,13-,14+,15+,16+,17+,18-,19-,20+,21+/m0/s1. The van der Waals surface area contributed by atoms with Gasteiger partial charge in [-0.15, -0.1) is 0 Å². The molecule has 144 valence electrons. The second-order valence-electron chi connectivity index (χ2n) is 11.0. The van der Waals surface area contributed by atoms with Crippen LogP contribution >= 0.6 is 0 Å². The fourth-order valence-electron chi connectivity index (χ4n) is 11.8. The van der Waals surface area contributed by atoms with E-state index in [0.717, 1.165) is 12.7 Å². The van der Waals surface area contributed by atoms with Crippen molar-refractivity contribution in [1.29, 1.82) is 0 Å². The van der Waals surface area contributed by atoms with Gasteiger partial charge in [0.1, 0.15) is 0 Å². The largest absolute Gasteiger partial charge is 0.389 e. The van der Waals surface area contributed by atoms with E-state index < -0.39 is 21.1 Å². The van der Waals surface area contributed by atoms with Gasteiger partial charge >= 0.3 is 0 Å². The molecule has 9 aliphatic carbocycles. The summed E-state index contributed by atoms with van der Waals surface area (Å²) in [4.78, 5) is 12.9. The Balaban J connectivity index is 1.42. The number of carbonyl (C=O) groups excluding carboxylic acids is 1. The Bertz CT molecular complexity index is 971. The molecule has 5 nitrogen and oxygen atoms in total. The maximum Gasteiger partial charge on any atom is 0.264 e. The summed E-state index contributed by atoms with van der Waals surface area (Å²) in [6.07, 6.45) is 7.26. The van der Waals surface area contributed by atoms with Gasteiger partial charge in [0.2, 0.25) is 0 Å². The molecule has 0 saturated heterocycles. The molecule has 8 saturated carbocycles. The van der Waals surface area contributed by atoms with Crippen molar-refractivity contribution in [2.24, 2.45) is 76.4 Å². The van der Waals surface area contributed by atoms with E-state index >= 15 is 0 Å². The molecule has 8 fully saturated rings. The Kier molecular flexibility index (Phi) is 2.16. The van der Waals surface area contributed by atoms with Crippen LogP contribution in [0.4, 0.5) is 0 Å². The molecule has 6 heteroatoms. The summed E-state index contributed by atoms with van der Waals surface area (Å²) in [7, 11) is -3.59. The van der Waals surface area contributed by atoms with Gasteiger partial charge < -0.3 is 5.11 Å². The Morgan fingerprint density at radius 2 is 1.85 bits per heavy atom. The predicted molar refractivity (Wildman–Crippen MR) is 93.4 cm³/mol. The van der Waals surface area contributed by atoms with Crippen molar-refractivity contribution in [3.63, 3.8) is 0 Å². The minimum Gasteiger partial charge on any atom is -0.389 e. The van der Waals surface area contributed by atoms with Crippen molar-refractivity contribution in [3.8, 4) is 0 Å². The molecule has 27 heavy (non-hydrogen) atoms. The fraction of sp³-hybridized carbons (Fsp3) is 0.857. The van der Waals surface area contributed by atoms with Crippen molar-refractivity contribution in [1.82, 2.24) is 0 Å². The van der Waals surface area contributed by atoms with E-state index in [9.17, 15) is 18.3 Å². The summed E-state index contributed by atoms with van der Waals surface area (Å²) in [5.74, 6) is 4.90. The number of carbonyl (C=O) groups is 1. The van der Waals surface area contributed by atoms with Crippen LogP contribution in [0.5, 0.6) is 0 Å². The molecule has 0 radical (unpaired) electrons. The molecule has 14 atom stereocenters. The second kappa shape index (κ2) is 3.84. The van der Waals surface area contributed by atoms with Gasteiger partial charge in [-0.05, 0) is 84.0 Å². The quantitative estimate of drug-likeness (QED) is 0.732. The third kappa shape index (κ3) is 1.15. The van der Waals surface area contributed by atoms with Crippen LogP contribution in [0.25, 0.3) is 0 Å². The molecule has 0 aromatic rings. The molecule has 9 bridgehead atoms. The Hall–Kier alpha value is -0.720. The average molecular weight is 388 g/mol. The van der Waals surface area contributed by atoms with E-state index in [1.165, 1.54) is 6.42 Å². The number of rotatable bonds is 3. The van der Waals surface area contributed by atoms with Crippen molar-refractivity contribution in [2.45, 2.75) is 18.4 Å². The summed E-state index contributed by atoms with van der Waals surface area (Å²) in [6.45, 7) is 0.0941. The molecule has 9 aliphatic rings. The average Bonchev–Trinajstić information content (AvgIpc) is 3.34. The Morgan fingerprint density at radius 1 is 1.11 bits per heavy atom. The highest BCUT2D eigenvalue weighted by atomic mass is 32.2. The maximum atomic E-state index is 12.9. The van der Waals surface area contributed by atoms with Gasteiger partial charge in [0.05, 0.1) is 18.5 Å². The van der Waals surface area contributed by atoms with Crippen LogP contribution in [0.2, 0.25) is 0 Å². The van der Waals surface area contributed by atoms with Crippen LogP contribution in [-0.4, -0.2) is 37.8 Å². The topological polar surface area (TPSA) is 80.7 Å². The molecule has 9 rings (SSSR count). The lowest BCUT2D eigenvalue weighted by Gasteiger charge is -2.60. The van der Waals surface area contributed by atoms with E-state index in [0.29, 0.717) is 47.3 Å². The molecule has 1 N–H and O–H groups in total. The number of allylic oxidation sites excluding steroid dienone is 2. The van der Waals surface area contributed by atoms with E-state index in [-0.39, 0.29) is 36.1 Å². The SMILES string of the molecule is CS(=O)(=O)OC[C@@]12[C@@H]3[C@@H]4CC[C@@H]5[C@@H]4[C@@H]4[C@@H]3[C@H]3[C@H]([C@H]6C=CC(=O)[C@@H]6[C@@H]31)[C@@H]4[C@]52O. The fourth-order valence-corrected chi connectivity index (χ4v) is 12.2. The lowest BCUT2D eigenvalue weighted by Crippen LogP contribution is -2.67. The molecule has 0 heterocycles. The van der Waals surface area contributed by atoms with E-state index in [2.05, 4.69) is 6.08 Å². The number of aliphatic hydroxyl groups is 1. The molecule has 0 aromatic heterocycles. The summed E-state index contributed by atoms with van der Waals surface area (Å²) < 4.78 is 29.4. The first-order valence-corrected chi connectivity index (χ1v) is 12.4.